The van der Waals surface area contributed by atoms with Crippen LogP contribution in [0, 0.1) is 0 Å². The van der Waals surface area contributed by atoms with Gasteiger partial charge in [0.15, 0.2) is 17.7 Å². The van der Waals surface area contributed by atoms with Gasteiger partial charge in [0, 0.05) is 17.7 Å². The Balaban J connectivity index is 0.00000288. The third kappa shape index (κ3) is 4.26. The van der Waals surface area contributed by atoms with Gasteiger partial charge in [0.05, 0.1) is 26.9 Å². The highest BCUT2D eigenvalue weighted by atomic mass is 35.5. The molecule has 0 aliphatic carbocycles. The number of benzene rings is 2. The summed E-state index contributed by atoms with van der Waals surface area (Å²) in [5.74, 6) is 1.18. The Morgan fingerprint density at radius 3 is 1.96 bits per heavy atom. The van der Waals surface area contributed by atoms with Gasteiger partial charge in [0.1, 0.15) is 7.05 Å². The smallest absolute Gasteiger partial charge is 0.419 e. The highest BCUT2D eigenvalue weighted by Gasteiger charge is 2.22. The van der Waals surface area contributed by atoms with E-state index in [9.17, 15) is 4.79 Å². The molecule has 0 radical (unpaired) electrons. The first-order valence-electron chi connectivity index (χ1n) is 7.07. The van der Waals surface area contributed by atoms with Gasteiger partial charge in [-0.15, -0.1) is 0 Å². The van der Waals surface area contributed by atoms with Gasteiger partial charge >= 0.3 is 5.91 Å². The fourth-order valence-corrected chi connectivity index (χ4v) is 2.23. The molecule has 5 nitrogen and oxygen atoms in total. The van der Waals surface area contributed by atoms with Crippen LogP contribution in [0.2, 0.25) is 0 Å². The number of rotatable bonds is 5. The van der Waals surface area contributed by atoms with E-state index in [0.717, 1.165) is 5.56 Å². The molecule has 2 aromatic rings. The summed E-state index contributed by atoms with van der Waals surface area (Å²) in [7, 11) is 6.27. The van der Waals surface area contributed by atoms with Crippen molar-refractivity contribution in [2.24, 2.45) is 0 Å². The first-order chi connectivity index (χ1) is 11.1. The SMILES string of the molecule is COc1cc(C(=O)[N+](C)=Cc2ccccc2)cc(OC)c1OC.[Cl-]. The largest absolute Gasteiger partial charge is 1.00 e. The molecule has 0 saturated carbocycles. The van der Waals surface area contributed by atoms with Gasteiger partial charge in [-0.3, -0.25) is 0 Å². The molecule has 0 atom stereocenters. The maximum Gasteiger partial charge on any atom is 0.419 e. The minimum absolute atomic E-state index is 0. The second-order valence-electron chi connectivity index (χ2n) is 4.87. The van der Waals surface area contributed by atoms with Crippen molar-refractivity contribution in [2.75, 3.05) is 28.4 Å². The van der Waals surface area contributed by atoms with Gasteiger partial charge in [-0.25, -0.2) is 4.79 Å². The summed E-state index contributed by atoms with van der Waals surface area (Å²) < 4.78 is 17.4. The van der Waals surface area contributed by atoms with Gasteiger partial charge in [-0.1, -0.05) is 18.2 Å². The summed E-state index contributed by atoms with van der Waals surface area (Å²) >= 11 is 0. The number of halogens is 1. The molecule has 0 spiro atoms. The number of amides is 1. The van der Waals surface area contributed by atoms with E-state index in [4.69, 9.17) is 14.2 Å². The maximum atomic E-state index is 12.6. The summed E-state index contributed by atoms with van der Waals surface area (Å²) in [6.07, 6.45) is 1.77. The van der Waals surface area contributed by atoms with Gasteiger partial charge in [-0.05, 0) is 12.1 Å². The summed E-state index contributed by atoms with van der Waals surface area (Å²) in [6, 6.07) is 12.9. The van der Waals surface area contributed by atoms with Gasteiger partial charge in [-0.2, -0.15) is 4.58 Å². The van der Waals surface area contributed by atoms with Crippen molar-refractivity contribution in [3.8, 4) is 17.2 Å². The molecule has 2 rings (SSSR count). The molecule has 0 saturated heterocycles. The van der Waals surface area contributed by atoms with Crippen LogP contribution in [0.15, 0.2) is 42.5 Å². The lowest BCUT2D eigenvalue weighted by Crippen LogP contribution is -3.00. The zero-order valence-corrected chi connectivity index (χ0v) is 14.8. The predicted octanol–water partition coefficient (Wildman–Crippen LogP) is -0.382. The number of ether oxygens (including phenoxy) is 3. The fraction of sp³-hybridized carbons (Fsp3) is 0.222. The molecule has 0 bridgehead atoms. The Kier molecular flexibility index (Phi) is 7.27. The molecule has 0 heterocycles. The van der Waals surface area contributed by atoms with Crippen LogP contribution < -0.4 is 26.6 Å². The second kappa shape index (κ2) is 8.93. The zero-order valence-electron chi connectivity index (χ0n) is 14.1. The number of carbonyl (C=O) groups is 1. The van der Waals surface area contributed by atoms with Gasteiger partial charge in [0.25, 0.3) is 0 Å². The van der Waals surface area contributed by atoms with E-state index in [1.807, 2.05) is 30.3 Å². The molecule has 6 heteroatoms. The van der Waals surface area contributed by atoms with Crippen LogP contribution in [0.4, 0.5) is 0 Å². The summed E-state index contributed by atoms with van der Waals surface area (Å²) in [6.45, 7) is 0. The van der Waals surface area contributed by atoms with Crippen LogP contribution >= 0.6 is 0 Å². The molecule has 1 amide bonds. The van der Waals surface area contributed by atoms with Crippen molar-refractivity contribution in [1.29, 1.82) is 0 Å². The summed E-state index contributed by atoms with van der Waals surface area (Å²) in [5, 5.41) is 0. The van der Waals surface area contributed by atoms with Crippen LogP contribution in [-0.4, -0.2) is 45.1 Å². The monoisotopic (exact) mass is 349 g/mol. The van der Waals surface area contributed by atoms with Gasteiger partial charge in [0.2, 0.25) is 5.75 Å². The molecular weight excluding hydrogens is 330 g/mol. The lowest BCUT2D eigenvalue weighted by Gasteiger charge is -2.12. The van der Waals surface area contributed by atoms with E-state index < -0.39 is 0 Å². The van der Waals surface area contributed by atoms with Crippen molar-refractivity contribution in [2.45, 2.75) is 0 Å². The molecule has 2 aromatic carbocycles. The van der Waals surface area contributed by atoms with E-state index in [1.165, 1.54) is 25.9 Å². The molecule has 0 aliphatic heterocycles. The molecule has 24 heavy (non-hydrogen) atoms. The molecule has 0 fully saturated rings. The van der Waals surface area contributed by atoms with Crippen molar-refractivity contribution in [3.63, 3.8) is 0 Å². The van der Waals surface area contributed by atoms with Crippen LogP contribution in [-0.2, 0) is 0 Å². The number of carbonyl (C=O) groups excluding carboxylic acids is 1. The number of nitrogens with zero attached hydrogens (tertiary/aromatic N) is 1. The number of hydrogen-bond donors (Lipinski definition) is 0. The normalized spacial score (nSPS) is 10.6. The predicted molar refractivity (Wildman–Crippen MR) is 88.2 cm³/mol. The van der Waals surface area contributed by atoms with Crippen LogP contribution in [0.1, 0.15) is 15.9 Å². The lowest BCUT2D eigenvalue weighted by atomic mass is 10.1. The Bertz CT molecular complexity index is 704. The maximum absolute atomic E-state index is 12.6. The van der Waals surface area contributed by atoms with Crippen molar-refractivity contribution < 1.29 is 36.0 Å². The molecule has 0 N–H and O–H groups in total. The van der Waals surface area contributed by atoms with Crippen molar-refractivity contribution >= 4 is 12.1 Å². The van der Waals surface area contributed by atoms with E-state index in [0.29, 0.717) is 22.8 Å². The minimum atomic E-state index is -0.173. The van der Waals surface area contributed by atoms with E-state index in [1.54, 1.807) is 25.4 Å². The van der Waals surface area contributed by atoms with Crippen molar-refractivity contribution in [3.05, 3.63) is 53.6 Å². The third-order valence-corrected chi connectivity index (χ3v) is 3.37. The first kappa shape index (κ1) is 19.5. The standard InChI is InChI=1S/C18H20NO4.ClH/c1-19(12-13-8-6-5-7-9-13)18(20)14-10-15(21-2)17(23-4)16(11-14)22-3;/h5-12H,1-4H3;1H/q+1;/p-1. The molecular formula is C18H20ClNO4. The average Bonchev–Trinajstić information content (AvgIpc) is 2.60. The Labute approximate surface area is 147 Å². The van der Waals surface area contributed by atoms with Crippen molar-refractivity contribution in [1.82, 2.24) is 0 Å². The summed E-state index contributed by atoms with van der Waals surface area (Å²) in [5.41, 5.74) is 1.39. The first-order valence-corrected chi connectivity index (χ1v) is 7.07. The van der Waals surface area contributed by atoms with E-state index in [2.05, 4.69) is 0 Å². The minimum Gasteiger partial charge on any atom is -1.00 e. The number of hydrogen-bond acceptors (Lipinski definition) is 4. The molecule has 0 aliphatic rings. The third-order valence-electron chi connectivity index (χ3n) is 3.37. The topological polar surface area (TPSA) is 47.8 Å². The Hall–Kier alpha value is -2.53. The average molecular weight is 350 g/mol. The Morgan fingerprint density at radius 1 is 0.958 bits per heavy atom. The zero-order chi connectivity index (χ0) is 16.8. The molecule has 0 aromatic heterocycles. The lowest BCUT2D eigenvalue weighted by molar-refractivity contribution is -0.388. The van der Waals surface area contributed by atoms with Crippen LogP contribution in [0.5, 0.6) is 17.2 Å². The fourth-order valence-electron chi connectivity index (χ4n) is 2.23. The highest BCUT2D eigenvalue weighted by molar-refractivity contribution is 5.93. The molecule has 0 unspecified atom stereocenters. The second-order valence-corrected chi connectivity index (χ2v) is 4.87. The van der Waals surface area contributed by atoms with Crippen LogP contribution in [0.25, 0.3) is 0 Å². The van der Waals surface area contributed by atoms with Crippen LogP contribution in [0.3, 0.4) is 0 Å². The number of methoxy groups -OCH3 is 3. The Morgan fingerprint density at radius 2 is 1.50 bits per heavy atom. The quantitative estimate of drug-likeness (QED) is 0.545. The van der Waals surface area contributed by atoms with Gasteiger partial charge < -0.3 is 26.6 Å². The van der Waals surface area contributed by atoms with E-state index in [-0.39, 0.29) is 18.3 Å². The molecule has 128 valence electrons. The van der Waals surface area contributed by atoms with E-state index >= 15 is 0 Å². The highest BCUT2D eigenvalue weighted by Crippen LogP contribution is 2.38. The summed E-state index contributed by atoms with van der Waals surface area (Å²) in [4.78, 5) is 12.6.